The van der Waals surface area contributed by atoms with Gasteiger partial charge in [-0.05, 0) is 51.7 Å². The Morgan fingerprint density at radius 1 is 0.950 bits per heavy atom. The van der Waals surface area contributed by atoms with Gasteiger partial charge in [-0.1, -0.05) is 32.1 Å². The first kappa shape index (κ1) is 15.6. The van der Waals surface area contributed by atoms with Crippen molar-refractivity contribution < 1.29 is 4.79 Å². The molecule has 0 unspecified atom stereocenters. The Labute approximate surface area is 123 Å². The summed E-state index contributed by atoms with van der Waals surface area (Å²) in [5, 5.41) is 6.11. The van der Waals surface area contributed by atoms with Crippen LogP contribution in [0.15, 0.2) is 0 Å². The van der Waals surface area contributed by atoms with Crippen molar-refractivity contribution in [2.75, 3.05) is 26.2 Å². The summed E-state index contributed by atoms with van der Waals surface area (Å²) in [4.78, 5) is 14.3. The van der Waals surface area contributed by atoms with Gasteiger partial charge in [0.15, 0.2) is 0 Å². The van der Waals surface area contributed by atoms with Gasteiger partial charge in [0.05, 0.1) is 0 Å². The van der Waals surface area contributed by atoms with E-state index in [4.69, 9.17) is 0 Å². The number of carbonyl (C=O) groups excluding carboxylic acids is 1. The lowest BCUT2D eigenvalue weighted by atomic mass is 9.96. The minimum absolute atomic E-state index is 0.0350. The van der Waals surface area contributed by atoms with E-state index >= 15 is 0 Å². The summed E-state index contributed by atoms with van der Waals surface area (Å²) in [7, 11) is 0. The van der Waals surface area contributed by atoms with Crippen molar-refractivity contribution >= 4 is 6.03 Å². The average Bonchev–Trinajstić information content (AvgIpc) is 2.73. The number of hydrogen-bond donors (Lipinski definition) is 2. The van der Waals surface area contributed by atoms with Gasteiger partial charge in [0, 0.05) is 12.6 Å². The molecule has 4 heteroatoms. The normalized spacial score (nSPS) is 22.2. The highest BCUT2D eigenvalue weighted by molar-refractivity contribution is 5.74. The summed E-state index contributed by atoms with van der Waals surface area (Å²) in [6, 6.07) is 0.446. The van der Waals surface area contributed by atoms with Crippen LogP contribution in [0.1, 0.15) is 64.2 Å². The molecule has 1 saturated heterocycles. The average molecular weight is 281 g/mol. The van der Waals surface area contributed by atoms with Crippen LogP contribution in [0, 0.1) is 0 Å². The molecule has 0 atom stereocenters. The lowest BCUT2D eigenvalue weighted by Gasteiger charge is -2.23. The number of amides is 2. The Bertz CT molecular complexity index is 269. The summed E-state index contributed by atoms with van der Waals surface area (Å²) >= 11 is 0. The topological polar surface area (TPSA) is 44.4 Å². The fraction of sp³-hybridized carbons (Fsp3) is 0.938. The van der Waals surface area contributed by atoms with Crippen LogP contribution in [-0.2, 0) is 0 Å². The van der Waals surface area contributed by atoms with Crippen LogP contribution in [0.2, 0.25) is 0 Å². The molecule has 0 radical (unpaired) electrons. The zero-order valence-corrected chi connectivity index (χ0v) is 12.8. The van der Waals surface area contributed by atoms with Crippen molar-refractivity contribution in [3.05, 3.63) is 0 Å². The van der Waals surface area contributed by atoms with Crippen molar-refractivity contribution in [1.29, 1.82) is 0 Å². The zero-order chi connectivity index (χ0) is 14.0. The Hall–Kier alpha value is -0.770. The smallest absolute Gasteiger partial charge is 0.315 e. The molecule has 4 nitrogen and oxygen atoms in total. The Morgan fingerprint density at radius 2 is 1.60 bits per heavy atom. The van der Waals surface area contributed by atoms with Crippen molar-refractivity contribution in [1.82, 2.24) is 15.5 Å². The van der Waals surface area contributed by atoms with E-state index in [0.29, 0.717) is 6.04 Å². The molecule has 0 aromatic rings. The third kappa shape index (κ3) is 6.12. The van der Waals surface area contributed by atoms with Crippen LogP contribution in [-0.4, -0.2) is 43.2 Å². The second-order valence-electron chi connectivity index (χ2n) is 6.34. The minimum Gasteiger partial charge on any atom is -0.338 e. The molecule has 1 saturated carbocycles. The molecule has 2 aliphatic rings. The van der Waals surface area contributed by atoms with Gasteiger partial charge in [-0.25, -0.2) is 4.79 Å². The van der Waals surface area contributed by atoms with Crippen LogP contribution in [0.25, 0.3) is 0 Å². The summed E-state index contributed by atoms with van der Waals surface area (Å²) in [6.45, 7) is 4.42. The minimum atomic E-state index is 0.0350. The first-order valence-electron chi connectivity index (χ1n) is 8.61. The Kier molecular flexibility index (Phi) is 7.20. The lowest BCUT2D eigenvalue weighted by Crippen LogP contribution is -2.43. The Balaban J connectivity index is 1.50. The molecule has 0 spiro atoms. The molecule has 1 heterocycles. The fourth-order valence-corrected chi connectivity index (χ4v) is 3.35. The third-order valence-electron chi connectivity index (χ3n) is 4.58. The van der Waals surface area contributed by atoms with Crippen LogP contribution in [0.4, 0.5) is 4.79 Å². The highest BCUT2D eigenvalue weighted by atomic mass is 16.2. The first-order valence-corrected chi connectivity index (χ1v) is 8.61. The maximum Gasteiger partial charge on any atom is 0.315 e. The number of likely N-dealkylation sites (tertiary alicyclic amines) is 1. The second-order valence-corrected chi connectivity index (χ2v) is 6.34. The zero-order valence-electron chi connectivity index (χ0n) is 12.8. The van der Waals surface area contributed by atoms with Crippen LogP contribution in [0.5, 0.6) is 0 Å². The van der Waals surface area contributed by atoms with E-state index in [1.54, 1.807) is 0 Å². The van der Waals surface area contributed by atoms with Crippen molar-refractivity contribution in [2.45, 2.75) is 70.3 Å². The van der Waals surface area contributed by atoms with Gasteiger partial charge in [-0.15, -0.1) is 0 Å². The molecule has 20 heavy (non-hydrogen) atoms. The fourth-order valence-electron chi connectivity index (χ4n) is 3.35. The predicted molar refractivity (Wildman–Crippen MR) is 82.9 cm³/mol. The number of nitrogens with zero attached hydrogens (tertiary/aromatic N) is 1. The van der Waals surface area contributed by atoms with E-state index in [2.05, 4.69) is 15.5 Å². The number of urea groups is 1. The van der Waals surface area contributed by atoms with Gasteiger partial charge < -0.3 is 15.5 Å². The van der Waals surface area contributed by atoms with Gasteiger partial charge in [-0.2, -0.15) is 0 Å². The highest BCUT2D eigenvalue weighted by Gasteiger charge is 2.15. The van der Waals surface area contributed by atoms with E-state index in [9.17, 15) is 4.79 Å². The van der Waals surface area contributed by atoms with Gasteiger partial charge in [0.1, 0.15) is 0 Å². The number of hydrogen-bond acceptors (Lipinski definition) is 2. The summed E-state index contributed by atoms with van der Waals surface area (Å²) < 4.78 is 0. The molecular formula is C16H31N3O. The first-order chi connectivity index (χ1) is 9.84. The van der Waals surface area contributed by atoms with E-state index in [1.165, 1.54) is 58.0 Å². The number of rotatable bonds is 5. The van der Waals surface area contributed by atoms with Gasteiger partial charge >= 0.3 is 6.03 Å². The van der Waals surface area contributed by atoms with Gasteiger partial charge in [-0.3, -0.25) is 0 Å². The van der Waals surface area contributed by atoms with Crippen molar-refractivity contribution in [3.63, 3.8) is 0 Å². The quantitative estimate of drug-likeness (QED) is 0.761. The van der Waals surface area contributed by atoms with Crippen molar-refractivity contribution in [2.24, 2.45) is 0 Å². The van der Waals surface area contributed by atoms with Crippen LogP contribution >= 0.6 is 0 Å². The van der Waals surface area contributed by atoms with Crippen LogP contribution in [0.3, 0.4) is 0 Å². The van der Waals surface area contributed by atoms with Crippen LogP contribution < -0.4 is 10.6 Å². The SMILES string of the molecule is O=C(NCCCN1CCCCCC1)NC1CCCCC1. The third-order valence-corrected chi connectivity index (χ3v) is 4.58. The van der Waals surface area contributed by atoms with E-state index in [-0.39, 0.29) is 6.03 Å². The second kappa shape index (κ2) is 9.22. The van der Waals surface area contributed by atoms with E-state index in [0.717, 1.165) is 32.4 Å². The molecule has 1 aliphatic heterocycles. The Morgan fingerprint density at radius 3 is 2.30 bits per heavy atom. The number of nitrogens with one attached hydrogen (secondary N) is 2. The van der Waals surface area contributed by atoms with Gasteiger partial charge in [0.25, 0.3) is 0 Å². The maximum atomic E-state index is 11.8. The molecule has 2 amide bonds. The summed E-state index contributed by atoms with van der Waals surface area (Å²) in [5.74, 6) is 0. The maximum absolute atomic E-state index is 11.8. The van der Waals surface area contributed by atoms with Gasteiger partial charge in [0.2, 0.25) is 0 Å². The molecule has 2 N–H and O–H groups in total. The predicted octanol–water partition coefficient (Wildman–Crippen LogP) is 2.88. The molecule has 2 fully saturated rings. The molecule has 0 aromatic heterocycles. The van der Waals surface area contributed by atoms with E-state index in [1.807, 2.05) is 0 Å². The summed E-state index contributed by atoms with van der Waals surface area (Å²) in [5.41, 5.74) is 0. The highest BCUT2D eigenvalue weighted by Crippen LogP contribution is 2.17. The van der Waals surface area contributed by atoms with E-state index < -0.39 is 0 Å². The van der Waals surface area contributed by atoms with Crippen molar-refractivity contribution in [3.8, 4) is 0 Å². The number of carbonyl (C=O) groups is 1. The standard InChI is InChI=1S/C16H31N3O/c20-16(18-15-9-4-3-5-10-15)17-11-8-14-19-12-6-1-2-7-13-19/h15H,1-14H2,(H2,17,18,20). The molecule has 0 aromatic carbocycles. The largest absolute Gasteiger partial charge is 0.338 e. The molecule has 0 bridgehead atoms. The lowest BCUT2D eigenvalue weighted by molar-refractivity contribution is 0.230. The molecule has 116 valence electrons. The molecule has 1 aliphatic carbocycles. The summed E-state index contributed by atoms with van der Waals surface area (Å²) in [6.07, 6.45) is 12.7. The molecular weight excluding hydrogens is 250 g/mol. The monoisotopic (exact) mass is 281 g/mol. The molecule has 2 rings (SSSR count).